The van der Waals surface area contributed by atoms with Crippen molar-refractivity contribution in [2.45, 2.75) is 6.61 Å². The number of halogens is 2. The Balaban J connectivity index is 1.61. The van der Waals surface area contributed by atoms with E-state index in [4.69, 9.17) is 9.47 Å². The van der Waals surface area contributed by atoms with Crippen LogP contribution in [0.2, 0.25) is 0 Å². The molecule has 8 heteroatoms. The first-order valence-electron chi connectivity index (χ1n) is 9.09. The van der Waals surface area contributed by atoms with Gasteiger partial charge >= 0.3 is 0 Å². The Morgan fingerprint density at radius 3 is 2.74 bits per heavy atom. The first kappa shape index (κ1) is 22.8. The van der Waals surface area contributed by atoms with Crippen LogP contribution in [-0.2, 0) is 6.61 Å². The van der Waals surface area contributed by atoms with Crippen LogP contribution in [0.4, 0.5) is 0 Å². The second-order valence-electron chi connectivity index (χ2n) is 6.30. The molecule has 0 heterocycles. The fraction of sp³-hybridized carbons (Fsp3) is 0.0870. The summed E-state index contributed by atoms with van der Waals surface area (Å²) in [6, 6.07) is 20.1. The smallest absolute Gasteiger partial charge is 0.271 e. The van der Waals surface area contributed by atoms with E-state index in [1.54, 1.807) is 37.6 Å². The maximum atomic E-state index is 12.3. The van der Waals surface area contributed by atoms with E-state index in [0.717, 1.165) is 19.2 Å². The number of carbonyl (C=O) groups excluding carboxylic acids is 1. The number of benzene rings is 3. The fourth-order valence-corrected chi connectivity index (χ4v) is 3.72. The minimum atomic E-state index is -0.332. The Bertz CT molecular complexity index is 1170. The van der Waals surface area contributed by atoms with Gasteiger partial charge in [0.15, 0.2) is 0 Å². The molecule has 0 fully saturated rings. The summed E-state index contributed by atoms with van der Waals surface area (Å²) in [6.45, 7) is 0.283. The lowest BCUT2D eigenvalue weighted by Crippen LogP contribution is -2.17. The fourth-order valence-electron chi connectivity index (χ4n) is 2.66. The molecule has 156 valence electrons. The van der Waals surface area contributed by atoms with Crippen LogP contribution >= 0.6 is 38.5 Å². The van der Waals surface area contributed by atoms with Gasteiger partial charge in [-0.1, -0.05) is 18.2 Å². The lowest BCUT2D eigenvalue weighted by atomic mass is 10.1. The van der Waals surface area contributed by atoms with Crippen LogP contribution < -0.4 is 14.9 Å². The number of methoxy groups -OCH3 is 1. The highest BCUT2D eigenvalue weighted by atomic mass is 127. The third-order valence-corrected chi connectivity index (χ3v) is 5.78. The number of nitriles is 1. The van der Waals surface area contributed by atoms with Gasteiger partial charge in [0.05, 0.1) is 33.0 Å². The highest BCUT2D eigenvalue weighted by Gasteiger charge is 2.09. The molecule has 0 aliphatic rings. The number of nitrogens with one attached hydrogen (secondary N) is 1. The van der Waals surface area contributed by atoms with Crippen molar-refractivity contribution in [3.05, 3.63) is 91.0 Å². The van der Waals surface area contributed by atoms with Crippen molar-refractivity contribution in [3.63, 3.8) is 0 Å². The maximum Gasteiger partial charge on any atom is 0.271 e. The number of carbonyl (C=O) groups is 1. The standard InChI is InChI=1S/C23H17BrIN3O3/c1-30-22-11-16(7-8-20(22)25)23(29)28-27-13-15-6-9-21(19(24)10-15)31-14-18-5-3-2-4-17(18)12-26/h2-11,13H,14H2,1H3,(H,28,29)/b27-13-. The van der Waals surface area contributed by atoms with Gasteiger partial charge in [-0.15, -0.1) is 0 Å². The molecule has 1 amide bonds. The van der Waals surface area contributed by atoms with Crippen LogP contribution in [0.5, 0.6) is 11.5 Å². The maximum absolute atomic E-state index is 12.3. The Hall–Kier alpha value is -2.90. The van der Waals surface area contributed by atoms with Gasteiger partial charge in [0.25, 0.3) is 5.91 Å². The summed E-state index contributed by atoms with van der Waals surface area (Å²) in [5, 5.41) is 13.2. The number of hydrazone groups is 1. The molecule has 0 aromatic heterocycles. The molecule has 0 saturated heterocycles. The van der Waals surface area contributed by atoms with E-state index in [1.165, 1.54) is 0 Å². The number of rotatable bonds is 7. The molecule has 3 aromatic carbocycles. The van der Waals surface area contributed by atoms with Crippen molar-refractivity contribution in [2.24, 2.45) is 5.10 Å². The first-order chi connectivity index (χ1) is 15.0. The number of hydrogen-bond donors (Lipinski definition) is 1. The van der Waals surface area contributed by atoms with Gasteiger partial charge in [-0.2, -0.15) is 10.4 Å². The van der Waals surface area contributed by atoms with E-state index in [2.05, 4.69) is 55.1 Å². The minimum absolute atomic E-state index is 0.283. The van der Waals surface area contributed by atoms with Gasteiger partial charge in [0.1, 0.15) is 18.1 Å². The van der Waals surface area contributed by atoms with Crippen molar-refractivity contribution in [2.75, 3.05) is 7.11 Å². The van der Waals surface area contributed by atoms with Crippen molar-refractivity contribution in [1.82, 2.24) is 5.43 Å². The van der Waals surface area contributed by atoms with Gasteiger partial charge < -0.3 is 9.47 Å². The summed E-state index contributed by atoms with van der Waals surface area (Å²) in [7, 11) is 1.56. The molecular weight excluding hydrogens is 573 g/mol. The van der Waals surface area contributed by atoms with Gasteiger partial charge in [0, 0.05) is 11.1 Å². The highest BCUT2D eigenvalue weighted by molar-refractivity contribution is 14.1. The van der Waals surface area contributed by atoms with E-state index in [9.17, 15) is 10.1 Å². The molecule has 0 atom stereocenters. The minimum Gasteiger partial charge on any atom is -0.496 e. The van der Waals surface area contributed by atoms with Crippen LogP contribution in [0, 0.1) is 14.9 Å². The third-order valence-electron chi connectivity index (χ3n) is 4.27. The topological polar surface area (TPSA) is 83.7 Å². The van der Waals surface area contributed by atoms with E-state index < -0.39 is 0 Å². The molecule has 0 aliphatic heterocycles. The average Bonchev–Trinajstić information content (AvgIpc) is 2.79. The van der Waals surface area contributed by atoms with Crippen molar-refractivity contribution in [1.29, 1.82) is 5.26 Å². The lowest BCUT2D eigenvalue weighted by molar-refractivity contribution is 0.0954. The van der Waals surface area contributed by atoms with E-state index in [-0.39, 0.29) is 12.5 Å². The zero-order valence-electron chi connectivity index (χ0n) is 16.4. The summed E-state index contributed by atoms with van der Waals surface area (Å²) in [4.78, 5) is 12.3. The number of nitrogens with zero attached hydrogens (tertiary/aromatic N) is 2. The summed E-state index contributed by atoms with van der Waals surface area (Å²) >= 11 is 5.62. The molecule has 31 heavy (non-hydrogen) atoms. The van der Waals surface area contributed by atoms with Gasteiger partial charge in [0.2, 0.25) is 0 Å². The van der Waals surface area contributed by atoms with Gasteiger partial charge in [-0.05, 0) is 86.5 Å². The molecule has 1 N–H and O–H groups in total. The quantitative estimate of drug-likeness (QED) is 0.231. The number of ether oxygens (including phenoxy) is 2. The molecule has 0 unspecified atom stereocenters. The first-order valence-corrected chi connectivity index (χ1v) is 11.0. The molecule has 0 aliphatic carbocycles. The van der Waals surface area contributed by atoms with Gasteiger partial charge in [-0.25, -0.2) is 5.43 Å². The zero-order chi connectivity index (χ0) is 22.2. The molecule has 6 nitrogen and oxygen atoms in total. The second-order valence-corrected chi connectivity index (χ2v) is 8.31. The molecule has 0 saturated carbocycles. The molecular formula is C23H17BrIN3O3. The van der Waals surface area contributed by atoms with Crippen LogP contribution in [0.3, 0.4) is 0 Å². The molecule has 3 rings (SSSR count). The Morgan fingerprint density at radius 2 is 2.00 bits per heavy atom. The Labute approximate surface area is 202 Å². The van der Waals surface area contributed by atoms with Crippen molar-refractivity contribution < 1.29 is 14.3 Å². The van der Waals surface area contributed by atoms with Crippen molar-refractivity contribution >= 4 is 50.6 Å². The van der Waals surface area contributed by atoms with E-state index in [1.807, 2.05) is 36.4 Å². The number of hydrogen-bond acceptors (Lipinski definition) is 5. The zero-order valence-corrected chi connectivity index (χ0v) is 20.2. The van der Waals surface area contributed by atoms with Crippen LogP contribution in [0.25, 0.3) is 0 Å². The third kappa shape index (κ3) is 6.06. The highest BCUT2D eigenvalue weighted by Crippen LogP contribution is 2.27. The van der Waals surface area contributed by atoms with Crippen LogP contribution in [0.15, 0.2) is 70.2 Å². The van der Waals surface area contributed by atoms with E-state index in [0.29, 0.717) is 22.6 Å². The average molecular weight is 590 g/mol. The predicted molar refractivity (Wildman–Crippen MR) is 130 cm³/mol. The summed E-state index contributed by atoms with van der Waals surface area (Å²) in [6.07, 6.45) is 1.54. The Morgan fingerprint density at radius 1 is 1.19 bits per heavy atom. The van der Waals surface area contributed by atoms with Crippen LogP contribution in [-0.4, -0.2) is 19.2 Å². The molecule has 0 radical (unpaired) electrons. The van der Waals surface area contributed by atoms with E-state index >= 15 is 0 Å². The van der Waals surface area contributed by atoms with Crippen LogP contribution in [0.1, 0.15) is 27.0 Å². The van der Waals surface area contributed by atoms with Gasteiger partial charge in [-0.3, -0.25) is 4.79 Å². The molecule has 0 spiro atoms. The monoisotopic (exact) mass is 589 g/mol. The summed E-state index contributed by atoms with van der Waals surface area (Å²) in [5.41, 5.74) is 5.14. The summed E-state index contributed by atoms with van der Waals surface area (Å²) < 4.78 is 12.7. The summed E-state index contributed by atoms with van der Waals surface area (Å²) in [5.74, 6) is 0.940. The second kappa shape index (κ2) is 10.9. The number of amides is 1. The normalized spacial score (nSPS) is 10.5. The largest absolute Gasteiger partial charge is 0.496 e. The lowest BCUT2D eigenvalue weighted by Gasteiger charge is -2.10. The predicted octanol–water partition coefficient (Wildman–Crippen LogP) is 5.28. The molecule has 0 bridgehead atoms. The van der Waals surface area contributed by atoms with Crippen molar-refractivity contribution in [3.8, 4) is 17.6 Å². The SMILES string of the molecule is COc1cc(C(=O)N/N=C\c2ccc(OCc3ccccc3C#N)c(Br)c2)ccc1I. The molecule has 3 aromatic rings. The Kier molecular flexibility index (Phi) is 8.03.